The Kier molecular flexibility index (Phi) is 6.07. The third-order valence-electron chi connectivity index (χ3n) is 4.88. The van der Waals surface area contributed by atoms with Crippen molar-refractivity contribution in [2.45, 2.75) is 57.5 Å². The second-order valence-electron chi connectivity index (χ2n) is 6.38. The molecule has 1 aromatic rings. The first-order chi connectivity index (χ1) is 10.2. The van der Waals surface area contributed by atoms with Crippen molar-refractivity contribution in [2.24, 2.45) is 11.7 Å². The van der Waals surface area contributed by atoms with Crippen LogP contribution in [0.4, 0.5) is 0 Å². The predicted molar refractivity (Wildman–Crippen MR) is 86.7 cm³/mol. The lowest BCUT2D eigenvalue weighted by Gasteiger charge is -2.28. The Morgan fingerprint density at radius 2 is 2.00 bits per heavy atom. The van der Waals surface area contributed by atoms with Crippen LogP contribution in [0.5, 0.6) is 5.75 Å². The van der Waals surface area contributed by atoms with Gasteiger partial charge in [0, 0.05) is 12.5 Å². The molecule has 0 amide bonds. The van der Waals surface area contributed by atoms with Gasteiger partial charge in [-0.2, -0.15) is 0 Å². The molecule has 21 heavy (non-hydrogen) atoms. The molecule has 0 radical (unpaired) electrons. The van der Waals surface area contributed by atoms with Crippen LogP contribution in [0.3, 0.4) is 0 Å². The maximum absolute atomic E-state index is 10.6. The van der Waals surface area contributed by atoms with E-state index >= 15 is 0 Å². The van der Waals surface area contributed by atoms with E-state index in [2.05, 4.69) is 6.07 Å². The summed E-state index contributed by atoms with van der Waals surface area (Å²) in [5, 5.41) is 10.6. The molecule has 3 nitrogen and oxygen atoms in total. The highest BCUT2D eigenvalue weighted by Gasteiger charge is 2.25. The fourth-order valence-electron chi connectivity index (χ4n) is 3.51. The van der Waals surface area contributed by atoms with Gasteiger partial charge in [-0.05, 0) is 36.5 Å². The molecule has 2 rings (SSSR count). The van der Waals surface area contributed by atoms with Crippen molar-refractivity contribution in [2.75, 3.05) is 13.7 Å². The highest BCUT2D eigenvalue weighted by atomic mass is 16.5. The molecule has 1 aliphatic carbocycles. The predicted octanol–water partition coefficient (Wildman–Crippen LogP) is 3.38. The van der Waals surface area contributed by atoms with Gasteiger partial charge in [0.25, 0.3) is 0 Å². The Balaban J connectivity index is 2.06. The Morgan fingerprint density at radius 3 is 2.62 bits per heavy atom. The Bertz CT molecular complexity index is 441. The van der Waals surface area contributed by atoms with Crippen molar-refractivity contribution in [3.05, 3.63) is 29.3 Å². The number of rotatable bonds is 6. The van der Waals surface area contributed by atoms with Crippen molar-refractivity contribution in [3.63, 3.8) is 0 Å². The molecule has 3 N–H and O–H groups in total. The van der Waals surface area contributed by atoms with Crippen molar-refractivity contribution in [1.29, 1.82) is 0 Å². The van der Waals surface area contributed by atoms with E-state index in [0.29, 0.717) is 12.5 Å². The molecule has 1 aliphatic rings. The van der Waals surface area contributed by atoms with Crippen LogP contribution in [-0.2, 0) is 0 Å². The third-order valence-corrected chi connectivity index (χ3v) is 4.88. The van der Waals surface area contributed by atoms with Crippen LogP contribution in [0, 0.1) is 12.8 Å². The summed E-state index contributed by atoms with van der Waals surface area (Å²) in [7, 11) is 1.68. The average Bonchev–Trinajstić information content (AvgIpc) is 2.50. The smallest absolute Gasteiger partial charge is 0.122 e. The molecule has 1 saturated carbocycles. The van der Waals surface area contributed by atoms with Crippen LogP contribution >= 0.6 is 0 Å². The summed E-state index contributed by atoms with van der Waals surface area (Å²) in [6, 6.07) is 6.14. The second-order valence-corrected chi connectivity index (χ2v) is 6.38. The van der Waals surface area contributed by atoms with E-state index in [4.69, 9.17) is 10.5 Å². The fourth-order valence-corrected chi connectivity index (χ4v) is 3.51. The lowest BCUT2D eigenvalue weighted by atomic mass is 9.81. The van der Waals surface area contributed by atoms with E-state index in [1.807, 2.05) is 19.1 Å². The number of aliphatic hydroxyl groups is 1. The molecule has 2 unspecified atom stereocenters. The van der Waals surface area contributed by atoms with Crippen LogP contribution < -0.4 is 10.5 Å². The largest absolute Gasteiger partial charge is 0.496 e. The number of nitrogens with two attached hydrogens (primary N) is 1. The number of ether oxygens (including phenoxy) is 1. The summed E-state index contributed by atoms with van der Waals surface area (Å²) in [5.41, 5.74) is 8.14. The van der Waals surface area contributed by atoms with Gasteiger partial charge in [-0.25, -0.2) is 0 Å². The summed E-state index contributed by atoms with van der Waals surface area (Å²) in [5.74, 6) is 1.53. The zero-order valence-electron chi connectivity index (χ0n) is 13.3. The number of hydrogen-bond acceptors (Lipinski definition) is 3. The van der Waals surface area contributed by atoms with Crippen LogP contribution in [-0.4, -0.2) is 24.9 Å². The fraction of sp³-hybridized carbons (Fsp3) is 0.667. The number of aliphatic hydroxyl groups excluding tert-OH is 1. The maximum atomic E-state index is 10.6. The average molecular weight is 291 g/mol. The van der Waals surface area contributed by atoms with Crippen LogP contribution in [0.1, 0.15) is 55.6 Å². The summed E-state index contributed by atoms with van der Waals surface area (Å²) in [6.45, 7) is 2.50. The molecule has 0 heterocycles. The Labute approximate surface area is 128 Å². The van der Waals surface area contributed by atoms with Crippen LogP contribution in [0.25, 0.3) is 0 Å². The van der Waals surface area contributed by atoms with Gasteiger partial charge in [0.1, 0.15) is 5.75 Å². The molecular formula is C18H29NO2. The Morgan fingerprint density at radius 1 is 1.29 bits per heavy atom. The maximum Gasteiger partial charge on any atom is 0.122 e. The van der Waals surface area contributed by atoms with E-state index in [9.17, 15) is 5.11 Å². The van der Waals surface area contributed by atoms with Gasteiger partial charge in [0.2, 0.25) is 0 Å². The highest BCUT2D eigenvalue weighted by molar-refractivity contribution is 5.38. The van der Waals surface area contributed by atoms with Gasteiger partial charge >= 0.3 is 0 Å². The first-order valence-electron chi connectivity index (χ1n) is 8.18. The zero-order valence-corrected chi connectivity index (χ0v) is 13.3. The lowest BCUT2D eigenvalue weighted by Crippen LogP contribution is -2.28. The molecule has 118 valence electrons. The minimum Gasteiger partial charge on any atom is -0.496 e. The first-order valence-corrected chi connectivity index (χ1v) is 8.18. The summed E-state index contributed by atoms with van der Waals surface area (Å²) in [4.78, 5) is 0. The van der Waals surface area contributed by atoms with Gasteiger partial charge < -0.3 is 15.6 Å². The lowest BCUT2D eigenvalue weighted by molar-refractivity contribution is 0.106. The summed E-state index contributed by atoms with van der Waals surface area (Å²) in [6.07, 6.45) is 6.99. The van der Waals surface area contributed by atoms with E-state index in [-0.39, 0.29) is 12.0 Å². The molecule has 0 aromatic heterocycles. The number of hydrogen-bond donors (Lipinski definition) is 2. The summed E-state index contributed by atoms with van der Waals surface area (Å²) >= 11 is 0. The molecule has 0 bridgehead atoms. The second kappa shape index (κ2) is 7.81. The number of aryl methyl sites for hydroxylation is 1. The third kappa shape index (κ3) is 4.21. The zero-order chi connectivity index (χ0) is 15.2. The van der Waals surface area contributed by atoms with Gasteiger partial charge in [-0.1, -0.05) is 44.2 Å². The van der Waals surface area contributed by atoms with E-state index in [1.54, 1.807) is 7.11 Å². The van der Waals surface area contributed by atoms with Crippen LogP contribution in [0.2, 0.25) is 0 Å². The first kappa shape index (κ1) is 16.3. The molecular weight excluding hydrogens is 262 g/mol. The minimum absolute atomic E-state index is 0.00132. The molecule has 0 aliphatic heterocycles. The molecule has 0 saturated heterocycles. The van der Waals surface area contributed by atoms with E-state index in [0.717, 1.165) is 23.3 Å². The minimum atomic E-state index is -0.356. The summed E-state index contributed by atoms with van der Waals surface area (Å²) < 4.78 is 5.39. The SMILES string of the molecule is COc1cc(C(CN)C(O)CC2CCCCC2)ccc1C. The van der Waals surface area contributed by atoms with Crippen molar-refractivity contribution in [3.8, 4) is 5.75 Å². The van der Waals surface area contributed by atoms with Crippen LogP contribution in [0.15, 0.2) is 18.2 Å². The molecule has 0 spiro atoms. The number of benzene rings is 1. The van der Waals surface area contributed by atoms with Crippen molar-refractivity contribution < 1.29 is 9.84 Å². The quantitative estimate of drug-likeness (QED) is 0.845. The van der Waals surface area contributed by atoms with Crippen molar-refractivity contribution >= 4 is 0 Å². The monoisotopic (exact) mass is 291 g/mol. The van der Waals surface area contributed by atoms with Gasteiger partial charge in [-0.15, -0.1) is 0 Å². The Hall–Kier alpha value is -1.06. The normalized spacial score (nSPS) is 19.2. The molecule has 1 aromatic carbocycles. The van der Waals surface area contributed by atoms with E-state index < -0.39 is 0 Å². The number of methoxy groups -OCH3 is 1. The van der Waals surface area contributed by atoms with Gasteiger partial charge in [-0.3, -0.25) is 0 Å². The molecule has 3 heteroatoms. The highest BCUT2D eigenvalue weighted by Crippen LogP contribution is 2.32. The topological polar surface area (TPSA) is 55.5 Å². The molecule has 1 fully saturated rings. The van der Waals surface area contributed by atoms with Gasteiger partial charge in [0.05, 0.1) is 13.2 Å². The van der Waals surface area contributed by atoms with Gasteiger partial charge in [0.15, 0.2) is 0 Å². The standard InChI is InChI=1S/C18H29NO2/c1-13-8-9-15(11-18(13)21-2)16(12-19)17(20)10-14-6-4-3-5-7-14/h8-9,11,14,16-17,20H,3-7,10,12,19H2,1-2H3. The van der Waals surface area contributed by atoms with Crippen molar-refractivity contribution in [1.82, 2.24) is 0 Å². The van der Waals surface area contributed by atoms with E-state index in [1.165, 1.54) is 32.1 Å². The molecule has 2 atom stereocenters.